The van der Waals surface area contributed by atoms with Crippen molar-refractivity contribution < 1.29 is 9.59 Å². The van der Waals surface area contributed by atoms with Crippen LogP contribution < -0.4 is 25.1 Å². The molecule has 7 rings (SSSR count). The number of thiazole rings is 1. The van der Waals surface area contributed by atoms with Crippen LogP contribution in [0.5, 0.6) is 0 Å². The van der Waals surface area contributed by atoms with Crippen molar-refractivity contribution in [3.63, 3.8) is 0 Å². The van der Waals surface area contributed by atoms with Gasteiger partial charge in [-0.05, 0) is 42.3 Å². The lowest BCUT2D eigenvalue weighted by Crippen LogP contribution is -2.41. The summed E-state index contributed by atoms with van der Waals surface area (Å²) < 4.78 is 1.82. The van der Waals surface area contributed by atoms with Gasteiger partial charge in [0.1, 0.15) is 4.53 Å². The summed E-state index contributed by atoms with van der Waals surface area (Å²) in [5, 5.41) is 3.52. The molecule has 0 unspecified atom stereocenters. The molecule has 1 aromatic heterocycles. The second-order valence-corrected chi connectivity index (χ2v) is 11.9. The molecule has 0 bridgehead atoms. The number of nitrogens with one attached hydrogen (secondary N) is 1. The third kappa shape index (κ3) is 4.69. The van der Waals surface area contributed by atoms with Crippen molar-refractivity contribution in [2.75, 3.05) is 10.2 Å². The van der Waals surface area contributed by atoms with Gasteiger partial charge < -0.3 is 10.2 Å². The van der Waals surface area contributed by atoms with Crippen molar-refractivity contribution in [2.45, 2.75) is 19.5 Å². The molecule has 1 atom stereocenters. The molecule has 4 aromatic carbocycles. The summed E-state index contributed by atoms with van der Waals surface area (Å²) in [4.78, 5) is 49.2. The van der Waals surface area contributed by atoms with E-state index in [1.165, 1.54) is 11.3 Å². The minimum atomic E-state index is -0.739. The number of hydrogen-bond donors (Lipinski definition) is 1. The van der Waals surface area contributed by atoms with Crippen molar-refractivity contribution in [1.82, 2.24) is 4.57 Å². The molecule has 9 heteroatoms. The number of fused-ring (bicyclic) bond motifs is 2. The molecule has 2 aliphatic heterocycles. The van der Waals surface area contributed by atoms with E-state index in [4.69, 9.17) is 16.6 Å². The van der Waals surface area contributed by atoms with E-state index in [-0.39, 0.29) is 28.5 Å². The molecule has 3 heterocycles. The lowest BCUT2D eigenvalue weighted by molar-refractivity contribution is -0.114. The second kappa shape index (κ2) is 11.2. The quantitative estimate of drug-likeness (QED) is 0.285. The fourth-order valence-electron chi connectivity index (χ4n) is 5.79. The summed E-state index contributed by atoms with van der Waals surface area (Å²) in [6.07, 6.45) is 0. The van der Waals surface area contributed by atoms with E-state index < -0.39 is 6.04 Å². The Bertz CT molecular complexity index is 2170. The third-order valence-corrected chi connectivity index (χ3v) is 9.25. The minimum Gasteiger partial charge on any atom is -0.322 e. The van der Waals surface area contributed by atoms with Crippen LogP contribution in [0.25, 0.3) is 5.57 Å². The Morgan fingerprint density at radius 1 is 0.886 bits per heavy atom. The summed E-state index contributed by atoms with van der Waals surface area (Å²) >= 11 is 7.62. The van der Waals surface area contributed by atoms with Crippen LogP contribution in [-0.2, 0) is 16.1 Å². The number of halogens is 1. The lowest BCUT2D eigenvalue weighted by Gasteiger charge is -2.25. The molecule has 0 fully saturated rings. The van der Waals surface area contributed by atoms with Crippen molar-refractivity contribution >= 4 is 51.7 Å². The van der Waals surface area contributed by atoms with E-state index in [2.05, 4.69) is 5.32 Å². The standard InChI is InChI=1S/C35H25ClN4O3S/c1-21-28(32(41)38-24-15-6-3-7-16-24)30(22-12-4-2-5-13-22)40-34(43)31(44-35(40)37-21)29-25-17-9-11-19-27(25)39(33(29)42)20-23-14-8-10-18-26(23)36/h2-19,30H,20H2,1H3,(H,38,41)/b31-29+/t30-/m0/s1. The normalized spacial score (nSPS) is 16.8. The van der Waals surface area contributed by atoms with Crippen molar-refractivity contribution in [3.05, 3.63) is 162 Å². The Hall–Kier alpha value is -5.05. The first-order valence-electron chi connectivity index (χ1n) is 14.0. The number of carbonyl (C=O) groups is 2. The third-order valence-electron chi connectivity index (χ3n) is 7.83. The summed E-state index contributed by atoms with van der Waals surface area (Å²) in [5.41, 5.74) is 4.38. The summed E-state index contributed by atoms with van der Waals surface area (Å²) in [7, 11) is 0. The molecule has 2 amide bonds. The Morgan fingerprint density at radius 2 is 1.55 bits per heavy atom. The fourth-order valence-corrected chi connectivity index (χ4v) is 7.12. The summed E-state index contributed by atoms with van der Waals surface area (Å²) in [6.45, 7) is 2.03. The number of rotatable bonds is 5. The molecule has 0 radical (unpaired) electrons. The number of aromatic nitrogens is 1. The molecule has 5 aromatic rings. The predicted octanol–water partition coefficient (Wildman–Crippen LogP) is 5.44. The van der Waals surface area contributed by atoms with Crippen LogP contribution >= 0.6 is 22.9 Å². The van der Waals surface area contributed by atoms with E-state index in [9.17, 15) is 14.4 Å². The number of hydrogen-bond acceptors (Lipinski definition) is 5. The topological polar surface area (TPSA) is 83.8 Å². The van der Waals surface area contributed by atoms with Crippen molar-refractivity contribution in [2.24, 2.45) is 4.99 Å². The highest BCUT2D eigenvalue weighted by Gasteiger charge is 2.37. The molecule has 7 nitrogen and oxygen atoms in total. The summed E-state index contributed by atoms with van der Waals surface area (Å²) in [5.74, 6) is -0.636. The van der Waals surface area contributed by atoms with Gasteiger partial charge >= 0.3 is 0 Å². The lowest BCUT2D eigenvalue weighted by atomic mass is 9.95. The smallest absolute Gasteiger partial charge is 0.271 e. The van der Waals surface area contributed by atoms with Gasteiger partial charge in [0.15, 0.2) is 4.80 Å². The zero-order valence-corrected chi connectivity index (χ0v) is 25.1. The predicted molar refractivity (Wildman–Crippen MR) is 173 cm³/mol. The number of para-hydroxylation sites is 2. The van der Waals surface area contributed by atoms with Crippen molar-refractivity contribution in [3.8, 4) is 0 Å². The molecule has 2 aliphatic rings. The van der Waals surface area contributed by atoms with Gasteiger partial charge in [-0.1, -0.05) is 108 Å². The molecule has 0 saturated carbocycles. The summed E-state index contributed by atoms with van der Waals surface area (Å²) in [6, 6.07) is 32.7. The highest BCUT2D eigenvalue weighted by atomic mass is 35.5. The van der Waals surface area contributed by atoms with Gasteiger partial charge in [0, 0.05) is 16.3 Å². The van der Waals surface area contributed by atoms with Crippen LogP contribution in [0, 0.1) is 0 Å². The van der Waals surface area contributed by atoms with Crippen LogP contribution in [0.3, 0.4) is 0 Å². The number of anilines is 2. The van der Waals surface area contributed by atoms with Crippen LogP contribution in [0.1, 0.15) is 29.7 Å². The maximum Gasteiger partial charge on any atom is 0.271 e. The van der Waals surface area contributed by atoms with E-state index in [0.29, 0.717) is 43.6 Å². The fraction of sp³-hybridized carbons (Fsp3) is 0.0857. The maximum atomic E-state index is 14.4. The second-order valence-electron chi connectivity index (χ2n) is 10.5. The van der Waals surface area contributed by atoms with E-state index in [1.807, 2.05) is 91.0 Å². The van der Waals surface area contributed by atoms with Gasteiger partial charge in [-0.25, -0.2) is 4.99 Å². The van der Waals surface area contributed by atoms with E-state index >= 15 is 0 Å². The van der Waals surface area contributed by atoms with Gasteiger partial charge in [0.25, 0.3) is 17.4 Å². The van der Waals surface area contributed by atoms with Gasteiger partial charge in [-0.2, -0.15) is 0 Å². The Kier molecular flexibility index (Phi) is 7.08. The Balaban J connectivity index is 1.40. The molecule has 0 aliphatic carbocycles. The minimum absolute atomic E-state index is 0.257. The highest BCUT2D eigenvalue weighted by Crippen LogP contribution is 2.37. The molecular formula is C35H25ClN4O3S. The van der Waals surface area contributed by atoms with Gasteiger partial charge in [0.2, 0.25) is 0 Å². The van der Waals surface area contributed by atoms with Crippen LogP contribution in [0.4, 0.5) is 11.4 Å². The van der Waals surface area contributed by atoms with Gasteiger partial charge in [-0.3, -0.25) is 19.0 Å². The molecule has 1 N–H and O–H groups in total. The zero-order valence-electron chi connectivity index (χ0n) is 23.5. The van der Waals surface area contributed by atoms with E-state index in [1.54, 1.807) is 34.6 Å². The Morgan fingerprint density at radius 3 is 2.30 bits per heavy atom. The maximum absolute atomic E-state index is 14.4. The molecule has 44 heavy (non-hydrogen) atoms. The number of carbonyl (C=O) groups excluding carboxylic acids is 2. The SMILES string of the molecule is CC1=C(C(=O)Nc2ccccc2)[C@H](c2ccccc2)n2c(s/c(=C3/C(=O)N(Cc4ccccc4Cl)c4ccccc43)c2=O)=N1. The largest absolute Gasteiger partial charge is 0.322 e. The number of amides is 2. The zero-order chi connectivity index (χ0) is 30.4. The van der Waals surface area contributed by atoms with Crippen LogP contribution in [-0.4, -0.2) is 16.4 Å². The molecule has 0 saturated heterocycles. The number of nitrogens with zero attached hydrogens (tertiary/aromatic N) is 3. The molecule has 0 spiro atoms. The molecular weight excluding hydrogens is 592 g/mol. The van der Waals surface area contributed by atoms with E-state index in [0.717, 1.165) is 11.1 Å². The molecule has 216 valence electrons. The van der Waals surface area contributed by atoms with Crippen molar-refractivity contribution in [1.29, 1.82) is 0 Å². The highest BCUT2D eigenvalue weighted by molar-refractivity contribution is 7.07. The monoisotopic (exact) mass is 616 g/mol. The first-order valence-corrected chi connectivity index (χ1v) is 15.2. The first kappa shape index (κ1) is 27.8. The first-order chi connectivity index (χ1) is 21.4. The Labute approximate surface area is 261 Å². The van der Waals surface area contributed by atoms with Crippen LogP contribution in [0.2, 0.25) is 5.02 Å². The number of allylic oxidation sites excluding steroid dienone is 1. The van der Waals surface area contributed by atoms with Gasteiger partial charge in [0.05, 0.1) is 35.1 Å². The average Bonchev–Trinajstić information content (AvgIpc) is 3.50. The number of benzene rings is 4. The van der Waals surface area contributed by atoms with Gasteiger partial charge in [-0.15, -0.1) is 0 Å². The van der Waals surface area contributed by atoms with Crippen LogP contribution in [0.15, 0.2) is 130 Å². The average molecular weight is 617 g/mol.